The van der Waals surface area contributed by atoms with Gasteiger partial charge in [-0.05, 0) is 35.9 Å². The average Bonchev–Trinajstić information content (AvgIpc) is 3.19. The lowest BCUT2D eigenvalue weighted by Gasteiger charge is -2.18. The van der Waals surface area contributed by atoms with Crippen LogP contribution in [0.1, 0.15) is 23.0 Å². The molecule has 1 amide bonds. The van der Waals surface area contributed by atoms with E-state index in [2.05, 4.69) is 25.8 Å². The minimum absolute atomic E-state index is 0.232. The van der Waals surface area contributed by atoms with Gasteiger partial charge >= 0.3 is 6.18 Å². The number of nitrogens with one attached hydrogen (secondary N) is 3. The standard InChI is InChI=1S/C18H14Cl2F3N5O/c19-12-4-5-13(20)14(7-12)27-15(29)8-24-16(17-25-9-26-28-17)10-2-1-3-11(6-10)18(21,22)23/h1-7,9,16,24H,8H2,(H,27,29)(H,25,26,28)/t16-/m0/s1. The number of anilines is 1. The molecule has 0 aliphatic carbocycles. The van der Waals surface area contributed by atoms with Crippen LogP contribution in [0.2, 0.25) is 10.0 Å². The zero-order chi connectivity index (χ0) is 21.0. The van der Waals surface area contributed by atoms with Crippen molar-refractivity contribution in [1.82, 2.24) is 20.5 Å². The zero-order valence-electron chi connectivity index (χ0n) is 14.6. The first-order valence-electron chi connectivity index (χ1n) is 8.25. The minimum Gasteiger partial charge on any atom is -0.324 e. The highest BCUT2D eigenvalue weighted by atomic mass is 35.5. The first-order valence-corrected chi connectivity index (χ1v) is 9.00. The summed E-state index contributed by atoms with van der Waals surface area (Å²) in [7, 11) is 0. The van der Waals surface area contributed by atoms with Crippen molar-refractivity contribution in [1.29, 1.82) is 0 Å². The number of alkyl halides is 3. The van der Waals surface area contributed by atoms with Crippen LogP contribution >= 0.6 is 23.2 Å². The second-order valence-corrected chi connectivity index (χ2v) is 6.82. The third-order valence-electron chi connectivity index (χ3n) is 3.92. The van der Waals surface area contributed by atoms with Gasteiger partial charge in [-0.15, -0.1) is 0 Å². The SMILES string of the molecule is O=C(CN[C@@H](c1cccc(C(F)(F)F)c1)c1ncn[nH]1)Nc1cc(Cl)ccc1Cl. The maximum Gasteiger partial charge on any atom is 0.416 e. The van der Waals surface area contributed by atoms with E-state index in [-0.39, 0.29) is 17.9 Å². The summed E-state index contributed by atoms with van der Waals surface area (Å²) in [6.45, 7) is -0.232. The Morgan fingerprint density at radius 3 is 2.66 bits per heavy atom. The van der Waals surface area contributed by atoms with E-state index in [1.165, 1.54) is 30.6 Å². The summed E-state index contributed by atoms with van der Waals surface area (Å²) in [5.41, 5.74) is -0.220. The molecular formula is C18H14Cl2F3N5O. The number of hydrogen-bond donors (Lipinski definition) is 3. The van der Waals surface area contributed by atoms with E-state index in [1.807, 2.05) is 0 Å². The number of hydrogen-bond acceptors (Lipinski definition) is 4. The molecule has 0 radical (unpaired) electrons. The molecule has 11 heteroatoms. The number of nitrogens with zero attached hydrogens (tertiary/aromatic N) is 2. The summed E-state index contributed by atoms with van der Waals surface area (Å²) < 4.78 is 39.2. The van der Waals surface area contributed by atoms with Gasteiger partial charge in [-0.25, -0.2) is 4.98 Å². The Balaban J connectivity index is 1.77. The van der Waals surface area contributed by atoms with Gasteiger partial charge in [-0.2, -0.15) is 18.3 Å². The van der Waals surface area contributed by atoms with Gasteiger partial charge in [0.2, 0.25) is 5.91 Å². The molecule has 0 aliphatic heterocycles. The van der Waals surface area contributed by atoms with Crippen molar-refractivity contribution < 1.29 is 18.0 Å². The third-order valence-corrected chi connectivity index (χ3v) is 4.49. The topological polar surface area (TPSA) is 82.7 Å². The number of aromatic amines is 1. The molecule has 0 saturated heterocycles. The van der Waals surface area contributed by atoms with Crippen molar-refractivity contribution in [3.63, 3.8) is 0 Å². The van der Waals surface area contributed by atoms with E-state index in [0.29, 0.717) is 15.7 Å². The maximum atomic E-state index is 13.1. The quantitative estimate of drug-likeness (QED) is 0.525. The van der Waals surface area contributed by atoms with Crippen LogP contribution in [0.5, 0.6) is 0 Å². The monoisotopic (exact) mass is 443 g/mol. The van der Waals surface area contributed by atoms with E-state index >= 15 is 0 Å². The second kappa shape index (κ2) is 8.81. The molecule has 1 heterocycles. The number of carbonyl (C=O) groups excluding carboxylic acids is 1. The van der Waals surface area contributed by atoms with Crippen molar-refractivity contribution in [2.45, 2.75) is 12.2 Å². The lowest BCUT2D eigenvalue weighted by molar-refractivity contribution is -0.137. The highest BCUT2D eigenvalue weighted by Crippen LogP contribution is 2.31. The highest BCUT2D eigenvalue weighted by Gasteiger charge is 2.31. The second-order valence-electron chi connectivity index (χ2n) is 5.98. The predicted octanol–water partition coefficient (Wildman–Crippen LogP) is 4.45. The fraction of sp³-hybridized carbons (Fsp3) is 0.167. The molecule has 0 aliphatic rings. The number of aromatic nitrogens is 3. The van der Waals surface area contributed by atoms with Crippen molar-refractivity contribution in [3.05, 3.63) is 75.8 Å². The molecule has 0 bridgehead atoms. The molecule has 1 aromatic heterocycles. The first kappa shape index (κ1) is 21.1. The molecule has 3 N–H and O–H groups in total. The van der Waals surface area contributed by atoms with Gasteiger partial charge in [0.05, 0.1) is 28.9 Å². The molecule has 0 spiro atoms. The first-order chi connectivity index (χ1) is 13.7. The zero-order valence-corrected chi connectivity index (χ0v) is 16.1. The Bertz CT molecular complexity index is 995. The Morgan fingerprint density at radius 1 is 1.17 bits per heavy atom. The summed E-state index contributed by atoms with van der Waals surface area (Å²) in [6.07, 6.45) is -3.27. The fourth-order valence-electron chi connectivity index (χ4n) is 2.60. The molecular weight excluding hydrogens is 430 g/mol. The molecule has 2 aromatic carbocycles. The lowest BCUT2D eigenvalue weighted by atomic mass is 10.0. The number of H-pyrrole nitrogens is 1. The van der Waals surface area contributed by atoms with Crippen LogP contribution in [-0.4, -0.2) is 27.6 Å². The van der Waals surface area contributed by atoms with Gasteiger partial charge in [-0.3, -0.25) is 15.2 Å². The third kappa shape index (κ3) is 5.47. The van der Waals surface area contributed by atoms with Gasteiger partial charge in [-0.1, -0.05) is 35.3 Å². The minimum atomic E-state index is -4.50. The summed E-state index contributed by atoms with van der Waals surface area (Å²) >= 11 is 11.9. The number of rotatable bonds is 6. The van der Waals surface area contributed by atoms with Crippen molar-refractivity contribution in [2.75, 3.05) is 11.9 Å². The number of carbonyl (C=O) groups is 1. The van der Waals surface area contributed by atoms with E-state index in [1.54, 1.807) is 6.07 Å². The van der Waals surface area contributed by atoms with Crippen LogP contribution in [-0.2, 0) is 11.0 Å². The average molecular weight is 444 g/mol. The Morgan fingerprint density at radius 2 is 1.97 bits per heavy atom. The lowest BCUT2D eigenvalue weighted by Crippen LogP contribution is -2.32. The summed E-state index contributed by atoms with van der Waals surface area (Å²) in [5, 5.41) is 12.5. The number of halogens is 5. The van der Waals surface area contributed by atoms with Gasteiger partial charge in [0, 0.05) is 5.02 Å². The molecule has 0 saturated carbocycles. The number of amides is 1. The van der Waals surface area contributed by atoms with E-state index in [4.69, 9.17) is 23.2 Å². The largest absolute Gasteiger partial charge is 0.416 e. The number of benzene rings is 2. The molecule has 0 fully saturated rings. The van der Waals surface area contributed by atoms with Gasteiger partial charge < -0.3 is 5.32 Å². The van der Waals surface area contributed by atoms with Crippen LogP contribution in [0.3, 0.4) is 0 Å². The summed E-state index contributed by atoms with van der Waals surface area (Å²) in [6, 6.07) is 8.53. The Labute approximate surface area is 173 Å². The maximum absolute atomic E-state index is 13.1. The van der Waals surface area contributed by atoms with Crippen LogP contribution in [0.15, 0.2) is 48.8 Å². The fourth-order valence-corrected chi connectivity index (χ4v) is 2.94. The molecule has 3 aromatic rings. The molecule has 6 nitrogen and oxygen atoms in total. The van der Waals surface area contributed by atoms with Crippen LogP contribution in [0, 0.1) is 0 Å². The van der Waals surface area contributed by atoms with Crippen LogP contribution < -0.4 is 10.6 Å². The van der Waals surface area contributed by atoms with E-state index in [9.17, 15) is 18.0 Å². The van der Waals surface area contributed by atoms with Gasteiger partial charge in [0.1, 0.15) is 12.2 Å². The van der Waals surface area contributed by atoms with E-state index < -0.39 is 23.7 Å². The Hall–Kier alpha value is -2.62. The smallest absolute Gasteiger partial charge is 0.324 e. The van der Waals surface area contributed by atoms with Crippen LogP contribution in [0.25, 0.3) is 0 Å². The van der Waals surface area contributed by atoms with Crippen molar-refractivity contribution >= 4 is 34.8 Å². The van der Waals surface area contributed by atoms with Crippen LogP contribution in [0.4, 0.5) is 18.9 Å². The van der Waals surface area contributed by atoms with Gasteiger partial charge in [0.25, 0.3) is 0 Å². The normalized spacial score (nSPS) is 12.6. The Kier molecular flexibility index (Phi) is 6.41. The van der Waals surface area contributed by atoms with Crippen molar-refractivity contribution in [3.8, 4) is 0 Å². The van der Waals surface area contributed by atoms with E-state index in [0.717, 1.165) is 12.1 Å². The van der Waals surface area contributed by atoms with Gasteiger partial charge in [0.15, 0.2) is 0 Å². The molecule has 29 heavy (non-hydrogen) atoms. The summed E-state index contributed by atoms with van der Waals surface area (Å²) in [5.74, 6) is -0.205. The highest BCUT2D eigenvalue weighted by molar-refractivity contribution is 6.35. The molecule has 152 valence electrons. The molecule has 0 unspecified atom stereocenters. The molecule has 3 rings (SSSR count). The summed E-state index contributed by atoms with van der Waals surface area (Å²) in [4.78, 5) is 16.3. The predicted molar refractivity (Wildman–Crippen MR) is 103 cm³/mol. The molecule has 1 atom stereocenters. The van der Waals surface area contributed by atoms with Crippen molar-refractivity contribution in [2.24, 2.45) is 0 Å².